The van der Waals surface area contributed by atoms with E-state index in [2.05, 4.69) is 26.3 Å². The number of nitrogens with one attached hydrogen (secondary N) is 4. The molecule has 0 saturated carbocycles. The number of guanidine groups is 1. The van der Waals surface area contributed by atoms with E-state index < -0.39 is 0 Å². The summed E-state index contributed by atoms with van der Waals surface area (Å²) < 4.78 is 0. The Kier molecular flexibility index (Phi) is 9.99. The van der Waals surface area contributed by atoms with E-state index in [1.807, 2.05) is 7.05 Å². The number of likely N-dealkylation sites (N-methyl/N-ethyl adjacent to an activating group) is 2. The van der Waals surface area contributed by atoms with Crippen LogP contribution in [0.5, 0.6) is 0 Å². The summed E-state index contributed by atoms with van der Waals surface area (Å²) >= 11 is 0. The molecule has 0 spiro atoms. The average Bonchev–Trinajstić information content (AvgIpc) is 2.38. The van der Waals surface area contributed by atoms with Crippen LogP contribution in [0.3, 0.4) is 0 Å². The van der Waals surface area contributed by atoms with Crippen LogP contribution in [0.1, 0.15) is 12.8 Å². The molecule has 0 aromatic heterocycles. The summed E-state index contributed by atoms with van der Waals surface area (Å²) in [6.07, 6.45) is 1.60. The van der Waals surface area contributed by atoms with Crippen molar-refractivity contribution in [2.75, 3.05) is 40.8 Å². The third-order valence-corrected chi connectivity index (χ3v) is 2.56. The maximum atomic E-state index is 11.8. The van der Waals surface area contributed by atoms with Gasteiger partial charge < -0.3 is 27.0 Å². The molecule has 6 N–H and O–H groups in total. The van der Waals surface area contributed by atoms with Gasteiger partial charge in [0, 0.05) is 26.7 Å². The minimum atomic E-state index is -0.163. The molecule has 0 rings (SSSR count). The fourth-order valence-electron chi connectivity index (χ4n) is 1.44. The summed E-state index contributed by atoms with van der Waals surface area (Å²) in [6, 6.07) is -0.163. The summed E-state index contributed by atoms with van der Waals surface area (Å²) in [5.74, 6) is 0.458. The van der Waals surface area contributed by atoms with Crippen LogP contribution < -0.4 is 27.0 Å². The molecule has 0 bridgehead atoms. The Balaban J connectivity index is 3.78. The monoisotopic (exact) mass is 258 g/mol. The van der Waals surface area contributed by atoms with Crippen molar-refractivity contribution in [1.29, 1.82) is 0 Å². The lowest BCUT2D eigenvalue weighted by atomic mass is 10.1. The second-order valence-electron chi connectivity index (χ2n) is 3.91. The molecule has 7 nitrogen and oxygen atoms in total. The van der Waals surface area contributed by atoms with E-state index in [1.165, 1.54) is 0 Å². The van der Waals surface area contributed by atoms with Gasteiger partial charge in [0.25, 0.3) is 0 Å². The van der Waals surface area contributed by atoms with E-state index >= 15 is 0 Å². The quantitative estimate of drug-likeness (QED) is 0.191. The predicted octanol–water partition coefficient (Wildman–Crippen LogP) is -1.78. The van der Waals surface area contributed by atoms with E-state index in [1.54, 1.807) is 14.1 Å². The van der Waals surface area contributed by atoms with E-state index in [4.69, 9.17) is 5.73 Å². The smallest absolute Gasteiger partial charge is 0.237 e. The van der Waals surface area contributed by atoms with Gasteiger partial charge in [-0.15, -0.1) is 0 Å². The zero-order valence-corrected chi connectivity index (χ0v) is 11.5. The molecule has 1 atom stereocenters. The molecule has 7 heteroatoms. The second-order valence-corrected chi connectivity index (χ2v) is 3.91. The van der Waals surface area contributed by atoms with Crippen molar-refractivity contribution in [3.63, 3.8) is 0 Å². The molecular formula is C11H26N6O. The van der Waals surface area contributed by atoms with Crippen LogP contribution >= 0.6 is 0 Å². The highest BCUT2D eigenvalue weighted by molar-refractivity contribution is 5.81. The van der Waals surface area contributed by atoms with Crippen molar-refractivity contribution in [3.8, 4) is 0 Å². The molecule has 0 fully saturated rings. The number of aliphatic imine (C=N–C) groups is 1. The number of nitrogens with zero attached hydrogens (tertiary/aromatic N) is 1. The molecule has 0 saturated heterocycles. The highest BCUT2D eigenvalue weighted by atomic mass is 16.2. The highest BCUT2D eigenvalue weighted by Crippen LogP contribution is 1.96. The van der Waals surface area contributed by atoms with Gasteiger partial charge in [0.1, 0.15) is 0 Å². The molecule has 0 aromatic carbocycles. The third kappa shape index (κ3) is 7.86. The Hall–Kier alpha value is -1.34. The van der Waals surface area contributed by atoms with Crippen molar-refractivity contribution in [3.05, 3.63) is 0 Å². The summed E-state index contributed by atoms with van der Waals surface area (Å²) in [6.45, 7) is 2.12. The highest BCUT2D eigenvalue weighted by Gasteiger charge is 2.14. The Morgan fingerprint density at radius 3 is 2.50 bits per heavy atom. The van der Waals surface area contributed by atoms with Gasteiger partial charge in [-0.2, -0.15) is 0 Å². The Labute approximate surface area is 109 Å². The molecule has 0 aliphatic carbocycles. The van der Waals surface area contributed by atoms with Crippen LogP contribution in [-0.4, -0.2) is 58.7 Å². The van der Waals surface area contributed by atoms with Crippen molar-refractivity contribution in [1.82, 2.24) is 21.3 Å². The number of nitrogens with two attached hydrogens (primary N) is 1. The fraction of sp³-hybridized carbons (Fsp3) is 0.818. The van der Waals surface area contributed by atoms with Crippen LogP contribution in [-0.2, 0) is 4.79 Å². The van der Waals surface area contributed by atoms with Crippen LogP contribution in [0.2, 0.25) is 0 Å². The van der Waals surface area contributed by atoms with Crippen molar-refractivity contribution >= 4 is 11.9 Å². The normalized spacial score (nSPS) is 13.2. The Bertz CT molecular complexity index is 256. The van der Waals surface area contributed by atoms with Crippen molar-refractivity contribution < 1.29 is 4.79 Å². The third-order valence-electron chi connectivity index (χ3n) is 2.56. The zero-order valence-electron chi connectivity index (χ0n) is 11.5. The molecule has 0 unspecified atom stereocenters. The lowest BCUT2D eigenvalue weighted by molar-refractivity contribution is -0.123. The Morgan fingerprint density at radius 2 is 1.94 bits per heavy atom. The maximum Gasteiger partial charge on any atom is 0.237 e. The SMILES string of the molecule is CN=C(N)NCCC[C@H](NC)C(=O)NCCNC. The van der Waals surface area contributed by atoms with Crippen molar-refractivity contribution in [2.24, 2.45) is 10.7 Å². The van der Waals surface area contributed by atoms with Crippen LogP contribution in [0, 0.1) is 0 Å². The number of hydrogen-bond donors (Lipinski definition) is 5. The first-order chi connectivity index (χ1) is 8.65. The van der Waals surface area contributed by atoms with Crippen LogP contribution in [0.15, 0.2) is 4.99 Å². The molecular weight excluding hydrogens is 232 g/mol. The van der Waals surface area contributed by atoms with Gasteiger partial charge in [-0.25, -0.2) is 0 Å². The zero-order chi connectivity index (χ0) is 13.8. The molecule has 0 aliphatic heterocycles. The minimum absolute atomic E-state index is 0.0323. The van der Waals surface area contributed by atoms with E-state index in [0.717, 1.165) is 19.4 Å². The molecule has 0 aliphatic rings. The maximum absolute atomic E-state index is 11.8. The van der Waals surface area contributed by atoms with Gasteiger partial charge in [-0.05, 0) is 26.9 Å². The Morgan fingerprint density at radius 1 is 1.22 bits per heavy atom. The van der Waals surface area contributed by atoms with Gasteiger partial charge in [-0.1, -0.05) is 0 Å². The van der Waals surface area contributed by atoms with E-state index in [-0.39, 0.29) is 11.9 Å². The number of rotatable bonds is 9. The fourth-order valence-corrected chi connectivity index (χ4v) is 1.44. The standard InChI is InChI=1S/C11H26N6O/c1-13-7-8-16-10(18)9(14-2)5-4-6-17-11(12)15-3/h9,13-14H,4-8H2,1-3H3,(H,16,18)(H3,12,15,17)/t9-/m0/s1. The minimum Gasteiger partial charge on any atom is -0.370 e. The van der Waals surface area contributed by atoms with E-state index in [9.17, 15) is 4.79 Å². The predicted molar refractivity (Wildman–Crippen MR) is 74.6 cm³/mol. The first-order valence-corrected chi connectivity index (χ1v) is 6.21. The summed E-state index contributed by atoms with van der Waals surface area (Å²) in [5.41, 5.74) is 5.50. The lowest BCUT2D eigenvalue weighted by Crippen LogP contribution is -2.44. The molecule has 106 valence electrons. The topological polar surface area (TPSA) is 104 Å². The molecule has 1 amide bonds. The van der Waals surface area contributed by atoms with Gasteiger partial charge in [0.15, 0.2) is 5.96 Å². The lowest BCUT2D eigenvalue weighted by Gasteiger charge is -2.16. The first kappa shape index (κ1) is 16.7. The first-order valence-electron chi connectivity index (χ1n) is 6.21. The average molecular weight is 258 g/mol. The van der Waals surface area contributed by atoms with Gasteiger partial charge in [-0.3, -0.25) is 9.79 Å². The second kappa shape index (κ2) is 10.8. The van der Waals surface area contributed by atoms with Gasteiger partial charge in [0.2, 0.25) is 5.91 Å². The number of amides is 1. The number of carbonyl (C=O) groups excluding carboxylic acids is 1. The number of carbonyl (C=O) groups is 1. The molecule has 0 radical (unpaired) electrons. The van der Waals surface area contributed by atoms with Crippen LogP contribution in [0.4, 0.5) is 0 Å². The van der Waals surface area contributed by atoms with Gasteiger partial charge >= 0.3 is 0 Å². The van der Waals surface area contributed by atoms with Gasteiger partial charge in [0.05, 0.1) is 6.04 Å². The molecule has 0 aromatic rings. The summed E-state index contributed by atoms with van der Waals surface area (Å²) in [5, 5.41) is 11.8. The van der Waals surface area contributed by atoms with Crippen LogP contribution in [0.25, 0.3) is 0 Å². The van der Waals surface area contributed by atoms with E-state index in [0.29, 0.717) is 19.0 Å². The molecule has 0 heterocycles. The summed E-state index contributed by atoms with van der Waals surface area (Å²) in [4.78, 5) is 15.6. The summed E-state index contributed by atoms with van der Waals surface area (Å²) in [7, 11) is 5.28. The molecule has 18 heavy (non-hydrogen) atoms. The van der Waals surface area contributed by atoms with Crippen molar-refractivity contribution in [2.45, 2.75) is 18.9 Å². The number of hydrogen-bond acceptors (Lipinski definition) is 4. The largest absolute Gasteiger partial charge is 0.370 e.